The fourth-order valence-electron chi connectivity index (χ4n) is 1.69. The van der Waals surface area contributed by atoms with Gasteiger partial charge in [-0.25, -0.2) is 4.79 Å². The van der Waals surface area contributed by atoms with Crippen molar-refractivity contribution in [3.63, 3.8) is 0 Å². The molecule has 0 unspecified atom stereocenters. The van der Waals surface area contributed by atoms with E-state index in [1.165, 1.54) is 4.57 Å². The Morgan fingerprint density at radius 3 is 2.84 bits per heavy atom. The van der Waals surface area contributed by atoms with Crippen LogP contribution in [0.2, 0.25) is 0 Å². The number of hydrogen-bond acceptors (Lipinski definition) is 5. The highest BCUT2D eigenvalue weighted by Crippen LogP contribution is 2.23. The van der Waals surface area contributed by atoms with Gasteiger partial charge in [-0.05, 0) is 34.3 Å². The maximum absolute atomic E-state index is 11.8. The minimum absolute atomic E-state index is 0.156. The molecule has 6 nitrogen and oxygen atoms in total. The molecule has 0 atom stereocenters. The van der Waals surface area contributed by atoms with Crippen LogP contribution in [0.15, 0.2) is 25.5 Å². The number of nitrogen functional groups attached to an aromatic ring is 1. The highest BCUT2D eigenvalue weighted by Gasteiger charge is 2.11. The van der Waals surface area contributed by atoms with Crippen LogP contribution in [0.5, 0.6) is 0 Å². The third-order valence-corrected chi connectivity index (χ3v) is 4.60. The van der Waals surface area contributed by atoms with Gasteiger partial charge in [0.15, 0.2) is 0 Å². The van der Waals surface area contributed by atoms with Gasteiger partial charge in [-0.1, -0.05) is 0 Å². The molecule has 0 saturated heterocycles. The van der Waals surface area contributed by atoms with Gasteiger partial charge < -0.3 is 11.1 Å². The lowest BCUT2D eigenvalue weighted by atomic mass is 10.4. The van der Waals surface area contributed by atoms with Crippen molar-refractivity contribution in [2.24, 2.45) is 0 Å². The van der Waals surface area contributed by atoms with Crippen LogP contribution < -0.4 is 22.3 Å². The number of aromatic nitrogens is 2. The largest absolute Gasteiger partial charge is 0.383 e. The number of halogens is 1. The van der Waals surface area contributed by atoms with E-state index < -0.39 is 11.2 Å². The maximum Gasteiger partial charge on any atom is 0.330 e. The lowest BCUT2D eigenvalue weighted by Gasteiger charge is -2.12. The SMILES string of the molecule is CCn1c(N)c(NCc2sccc2Br)c(=O)[nH]c1=O. The van der Waals surface area contributed by atoms with Crippen LogP contribution in [0, 0.1) is 0 Å². The monoisotopic (exact) mass is 344 g/mol. The van der Waals surface area contributed by atoms with Crippen LogP contribution in [0.4, 0.5) is 11.5 Å². The molecule has 0 aliphatic carbocycles. The first kappa shape index (κ1) is 13.9. The summed E-state index contributed by atoms with van der Waals surface area (Å²) in [5, 5.41) is 4.92. The molecular formula is C11H13BrN4O2S. The molecule has 0 aliphatic heterocycles. The highest BCUT2D eigenvalue weighted by molar-refractivity contribution is 9.10. The van der Waals surface area contributed by atoms with Gasteiger partial charge in [-0.3, -0.25) is 14.3 Å². The van der Waals surface area contributed by atoms with Crippen molar-refractivity contribution in [1.29, 1.82) is 0 Å². The Balaban J connectivity index is 2.33. The minimum Gasteiger partial charge on any atom is -0.383 e. The Labute approximate surface area is 121 Å². The summed E-state index contributed by atoms with van der Waals surface area (Å²) in [4.78, 5) is 26.6. The zero-order chi connectivity index (χ0) is 14.0. The maximum atomic E-state index is 11.8. The van der Waals surface area contributed by atoms with E-state index in [0.29, 0.717) is 13.1 Å². The van der Waals surface area contributed by atoms with Crippen molar-refractivity contribution >= 4 is 38.8 Å². The van der Waals surface area contributed by atoms with Crippen molar-refractivity contribution in [1.82, 2.24) is 9.55 Å². The molecular weight excluding hydrogens is 332 g/mol. The molecule has 2 aromatic rings. The lowest BCUT2D eigenvalue weighted by molar-refractivity contribution is 0.706. The molecule has 0 bridgehead atoms. The van der Waals surface area contributed by atoms with Gasteiger partial charge in [-0.2, -0.15) is 0 Å². The van der Waals surface area contributed by atoms with Crippen LogP contribution >= 0.6 is 27.3 Å². The van der Waals surface area contributed by atoms with Gasteiger partial charge in [0, 0.05) is 15.9 Å². The molecule has 0 radical (unpaired) electrons. The summed E-state index contributed by atoms with van der Waals surface area (Å²) in [7, 11) is 0. The fraction of sp³-hybridized carbons (Fsp3) is 0.273. The number of thiophene rings is 1. The second-order valence-electron chi connectivity index (χ2n) is 3.81. The summed E-state index contributed by atoms with van der Waals surface area (Å²) < 4.78 is 2.29. The summed E-state index contributed by atoms with van der Waals surface area (Å²) in [6.07, 6.45) is 0. The van der Waals surface area contributed by atoms with Crippen molar-refractivity contribution in [3.05, 3.63) is 41.6 Å². The van der Waals surface area contributed by atoms with E-state index in [1.807, 2.05) is 11.4 Å². The predicted octanol–water partition coefficient (Wildman–Crippen LogP) is 1.57. The molecule has 0 fully saturated rings. The topological polar surface area (TPSA) is 92.9 Å². The van der Waals surface area contributed by atoms with Crippen LogP contribution in [0.1, 0.15) is 11.8 Å². The summed E-state index contributed by atoms with van der Waals surface area (Å²) >= 11 is 4.98. The Morgan fingerprint density at radius 2 is 2.26 bits per heavy atom. The van der Waals surface area contributed by atoms with Crippen molar-refractivity contribution in [2.75, 3.05) is 11.1 Å². The normalized spacial score (nSPS) is 10.6. The average Bonchev–Trinajstić information content (AvgIpc) is 2.75. The number of nitrogens with zero attached hydrogens (tertiary/aromatic N) is 1. The van der Waals surface area contributed by atoms with Crippen molar-refractivity contribution in [3.8, 4) is 0 Å². The highest BCUT2D eigenvalue weighted by atomic mass is 79.9. The van der Waals surface area contributed by atoms with Crippen LogP contribution in [-0.4, -0.2) is 9.55 Å². The van der Waals surface area contributed by atoms with Gasteiger partial charge in [0.25, 0.3) is 5.56 Å². The van der Waals surface area contributed by atoms with Gasteiger partial charge in [0.2, 0.25) is 0 Å². The van der Waals surface area contributed by atoms with E-state index in [4.69, 9.17) is 5.73 Å². The molecule has 0 spiro atoms. The van der Waals surface area contributed by atoms with Gasteiger partial charge in [0.1, 0.15) is 11.5 Å². The van der Waals surface area contributed by atoms with E-state index in [0.717, 1.165) is 9.35 Å². The Morgan fingerprint density at radius 1 is 1.53 bits per heavy atom. The zero-order valence-corrected chi connectivity index (χ0v) is 12.6. The van der Waals surface area contributed by atoms with E-state index >= 15 is 0 Å². The molecule has 0 saturated carbocycles. The Kier molecular flexibility index (Phi) is 4.11. The zero-order valence-electron chi connectivity index (χ0n) is 10.2. The van der Waals surface area contributed by atoms with Gasteiger partial charge in [0.05, 0.1) is 6.54 Å². The number of nitrogens with one attached hydrogen (secondary N) is 2. The number of H-pyrrole nitrogens is 1. The van der Waals surface area contributed by atoms with E-state index in [9.17, 15) is 9.59 Å². The number of aromatic amines is 1. The van der Waals surface area contributed by atoms with E-state index in [2.05, 4.69) is 26.2 Å². The summed E-state index contributed by atoms with van der Waals surface area (Å²) in [6.45, 7) is 2.65. The molecule has 0 aromatic carbocycles. The molecule has 8 heteroatoms. The number of anilines is 2. The van der Waals surface area contributed by atoms with Gasteiger partial charge >= 0.3 is 5.69 Å². The smallest absolute Gasteiger partial charge is 0.330 e. The van der Waals surface area contributed by atoms with E-state index in [1.54, 1.807) is 18.3 Å². The first-order chi connectivity index (χ1) is 9.04. The second kappa shape index (κ2) is 5.62. The number of rotatable bonds is 4. The van der Waals surface area contributed by atoms with E-state index in [-0.39, 0.29) is 11.5 Å². The summed E-state index contributed by atoms with van der Waals surface area (Å²) in [5.41, 5.74) is 5.08. The quantitative estimate of drug-likeness (QED) is 0.784. The molecule has 2 rings (SSSR count). The molecule has 102 valence electrons. The molecule has 2 heterocycles. The van der Waals surface area contributed by atoms with Gasteiger partial charge in [-0.15, -0.1) is 11.3 Å². The fourth-order valence-corrected chi connectivity index (χ4v) is 3.12. The summed E-state index contributed by atoms with van der Waals surface area (Å²) in [6, 6.07) is 1.93. The average molecular weight is 345 g/mol. The first-order valence-corrected chi connectivity index (χ1v) is 7.30. The molecule has 0 amide bonds. The molecule has 4 N–H and O–H groups in total. The number of nitrogens with two attached hydrogens (primary N) is 1. The van der Waals surface area contributed by atoms with Crippen LogP contribution in [0.25, 0.3) is 0 Å². The lowest BCUT2D eigenvalue weighted by Crippen LogP contribution is -2.33. The third kappa shape index (κ3) is 2.74. The molecule has 0 aliphatic rings. The van der Waals surface area contributed by atoms with Crippen molar-refractivity contribution < 1.29 is 0 Å². The third-order valence-electron chi connectivity index (χ3n) is 2.67. The minimum atomic E-state index is -0.500. The van der Waals surface area contributed by atoms with Crippen molar-refractivity contribution in [2.45, 2.75) is 20.0 Å². The van der Waals surface area contributed by atoms with Crippen LogP contribution in [0.3, 0.4) is 0 Å². The number of hydrogen-bond donors (Lipinski definition) is 3. The predicted molar refractivity (Wildman–Crippen MR) is 80.8 cm³/mol. The first-order valence-electron chi connectivity index (χ1n) is 5.63. The standard InChI is InChI=1S/C11H13BrN4O2S/c1-2-16-9(13)8(10(17)15-11(16)18)14-5-7-6(12)3-4-19-7/h3-4,14H,2,5,13H2,1H3,(H,15,17,18). The van der Waals surface area contributed by atoms with Crippen LogP contribution in [-0.2, 0) is 13.1 Å². The Hall–Kier alpha value is -1.54. The second-order valence-corrected chi connectivity index (χ2v) is 5.66. The molecule has 19 heavy (non-hydrogen) atoms. The Bertz CT molecular complexity index is 703. The summed E-state index contributed by atoms with van der Waals surface area (Å²) in [5.74, 6) is 0.156. The molecule has 2 aromatic heterocycles.